The van der Waals surface area contributed by atoms with Crippen LogP contribution in [0.25, 0.3) is 0 Å². The second-order valence-electron chi connectivity index (χ2n) is 12.9. The highest BCUT2D eigenvalue weighted by atomic mass is 32.2. The molecule has 0 radical (unpaired) electrons. The Morgan fingerprint density at radius 1 is 0.811 bits per heavy atom. The Bertz CT molecular complexity index is 1950. The van der Waals surface area contributed by atoms with Crippen LogP contribution in [0.1, 0.15) is 40.3 Å². The Morgan fingerprint density at radius 2 is 1.47 bits per heavy atom. The summed E-state index contributed by atoms with van der Waals surface area (Å²) < 4.78 is 22.6. The first kappa shape index (κ1) is 38.1. The number of nitrogens with zero attached hydrogens (tertiary/aromatic N) is 2. The van der Waals surface area contributed by atoms with E-state index in [1.54, 1.807) is 14.2 Å². The van der Waals surface area contributed by atoms with E-state index in [9.17, 15) is 9.59 Å². The first-order chi connectivity index (χ1) is 25.7. The molecule has 0 bridgehead atoms. The van der Waals surface area contributed by atoms with Gasteiger partial charge in [0, 0.05) is 82.3 Å². The van der Waals surface area contributed by atoms with Crippen molar-refractivity contribution in [3.63, 3.8) is 0 Å². The van der Waals surface area contributed by atoms with Crippen LogP contribution < -0.4 is 18.9 Å². The highest BCUT2D eigenvalue weighted by molar-refractivity contribution is 7.99. The maximum absolute atomic E-state index is 9.55. The van der Waals surface area contributed by atoms with Crippen LogP contribution in [-0.4, -0.2) is 92.3 Å². The van der Waals surface area contributed by atoms with Crippen molar-refractivity contribution < 1.29 is 38.7 Å². The van der Waals surface area contributed by atoms with E-state index in [-0.39, 0.29) is 12.0 Å². The molecule has 1 fully saturated rings. The van der Waals surface area contributed by atoms with E-state index >= 15 is 0 Å². The molecule has 8 rings (SSSR count). The molecular weight excluding hydrogens is 713 g/mol. The third-order valence-electron chi connectivity index (χ3n) is 9.71. The van der Waals surface area contributed by atoms with Crippen LogP contribution in [0.15, 0.2) is 106 Å². The molecule has 0 amide bonds. The molecule has 278 valence electrons. The molecule has 3 atom stereocenters. The number of benzene rings is 4. The minimum Gasteiger partial charge on any atom is -0.497 e. The lowest BCUT2D eigenvalue weighted by Crippen LogP contribution is -2.46. The molecule has 0 aromatic heterocycles. The second-order valence-corrected chi connectivity index (χ2v) is 14.9. The zero-order chi connectivity index (χ0) is 37.5. The third kappa shape index (κ3) is 9.13. The van der Waals surface area contributed by atoms with Crippen molar-refractivity contribution in [2.75, 3.05) is 60.3 Å². The number of hydrogen-bond donors (Lipinski definition) is 2. The van der Waals surface area contributed by atoms with E-state index in [1.807, 2.05) is 53.9 Å². The monoisotopic (exact) mass is 756 g/mol. The van der Waals surface area contributed by atoms with Crippen molar-refractivity contribution >= 4 is 35.5 Å². The maximum atomic E-state index is 9.55. The first-order valence-corrected chi connectivity index (χ1v) is 19.4. The molecule has 12 heteroatoms. The number of aliphatic carboxylic acids is 2. The van der Waals surface area contributed by atoms with Gasteiger partial charge in [-0.25, -0.2) is 9.59 Å². The molecule has 4 aliphatic rings. The van der Waals surface area contributed by atoms with Crippen LogP contribution in [0.2, 0.25) is 0 Å². The summed E-state index contributed by atoms with van der Waals surface area (Å²) in [6, 6.07) is 28.3. The van der Waals surface area contributed by atoms with Gasteiger partial charge < -0.3 is 34.1 Å². The lowest BCUT2D eigenvalue weighted by Gasteiger charge is -2.38. The summed E-state index contributed by atoms with van der Waals surface area (Å²) >= 11 is 3.79. The molecule has 1 saturated heterocycles. The van der Waals surface area contributed by atoms with E-state index < -0.39 is 11.9 Å². The van der Waals surface area contributed by atoms with Crippen molar-refractivity contribution in [3.05, 3.63) is 113 Å². The van der Waals surface area contributed by atoms with Gasteiger partial charge in [-0.2, -0.15) is 0 Å². The second kappa shape index (κ2) is 17.5. The Hall–Kier alpha value is -4.62. The smallest absolute Gasteiger partial charge is 0.328 e. The molecule has 3 unspecified atom stereocenters. The minimum atomic E-state index is -1.26. The highest BCUT2D eigenvalue weighted by Gasteiger charge is 2.41. The van der Waals surface area contributed by atoms with Crippen LogP contribution in [0.3, 0.4) is 0 Å². The summed E-state index contributed by atoms with van der Waals surface area (Å²) in [5, 5.41) is 15.6. The van der Waals surface area contributed by atoms with E-state index in [0.29, 0.717) is 24.8 Å². The number of hydrogen-bond acceptors (Lipinski definition) is 10. The van der Waals surface area contributed by atoms with Gasteiger partial charge >= 0.3 is 11.9 Å². The van der Waals surface area contributed by atoms with Gasteiger partial charge in [0.1, 0.15) is 29.1 Å². The Morgan fingerprint density at radius 3 is 2.13 bits per heavy atom. The van der Waals surface area contributed by atoms with Gasteiger partial charge in [0.05, 0.1) is 26.7 Å². The molecule has 4 aliphatic heterocycles. The molecule has 4 aromatic carbocycles. The number of ether oxygens (including phenoxy) is 4. The normalized spacial score (nSPS) is 19.8. The van der Waals surface area contributed by atoms with Gasteiger partial charge in [-0.05, 0) is 73.3 Å². The van der Waals surface area contributed by atoms with Crippen molar-refractivity contribution in [1.82, 2.24) is 9.80 Å². The van der Waals surface area contributed by atoms with Crippen LogP contribution >= 0.6 is 23.5 Å². The SMILES string of the molecule is COc1ccc2c(c1)OC1c3ccc(OC)cc3OCC21.CSc1ccc2c(c1)C(N1CCN(C)CC1)Cc1ccccc1S2.O=C(O)C=CC(=O)O. The van der Waals surface area contributed by atoms with Crippen molar-refractivity contribution in [2.24, 2.45) is 0 Å². The van der Waals surface area contributed by atoms with E-state index in [2.05, 4.69) is 71.6 Å². The quantitative estimate of drug-likeness (QED) is 0.151. The molecule has 0 saturated carbocycles. The molecule has 10 nitrogen and oxygen atoms in total. The lowest BCUT2D eigenvalue weighted by molar-refractivity contribution is -0.134. The summed E-state index contributed by atoms with van der Waals surface area (Å²) in [7, 11) is 5.55. The molecular formula is C41H44N2O8S2. The number of likely N-dealkylation sites (N-methyl/N-ethyl adjacent to an activating group) is 1. The molecule has 2 N–H and O–H groups in total. The summed E-state index contributed by atoms with van der Waals surface area (Å²) in [4.78, 5) is 28.5. The van der Waals surface area contributed by atoms with Gasteiger partial charge in [0.25, 0.3) is 0 Å². The molecule has 53 heavy (non-hydrogen) atoms. The Balaban J connectivity index is 0.000000152. The summed E-state index contributed by atoms with van der Waals surface area (Å²) in [6.45, 7) is 5.28. The van der Waals surface area contributed by atoms with Gasteiger partial charge in [-0.15, -0.1) is 11.8 Å². The summed E-state index contributed by atoms with van der Waals surface area (Å²) in [6.07, 6.45) is 4.41. The zero-order valence-electron chi connectivity index (χ0n) is 30.2. The molecule has 4 heterocycles. The predicted octanol–water partition coefficient (Wildman–Crippen LogP) is 7.43. The summed E-state index contributed by atoms with van der Waals surface area (Å²) in [5.41, 5.74) is 5.27. The third-order valence-corrected chi connectivity index (χ3v) is 11.6. The van der Waals surface area contributed by atoms with Gasteiger partial charge in [0.15, 0.2) is 0 Å². The van der Waals surface area contributed by atoms with Crippen molar-refractivity contribution in [3.8, 4) is 23.0 Å². The fourth-order valence-corrected chi connectivity index (χ4v) is 8.45. The Labute approximate surface area is 318 Å². The van der Waals surface area contributed by atoms with Crippen LogP contribution in [-0.2, 0) is 16.0 Å². The fraction of sp³-hybridized carbons (Fsp3) is 0.317. The standard InChI is InChI=1S/C20H24N2S2.C17H16O4.C4H4O4/c1-21-9-11-22(12-10-21)18-13-15-5-3-4-6-19(15)24-20-8-7-16(23-2)14-17(18)20;1-18-10-4-6-13-15(7-10)20-9-14-12-5-3-11(19-2)8-16(12)21-17(13)14;5-3(6)1-2-4(7)8/h3-8,14,18H,9-13H2,1-2H3;3-8,14,17H,9H2,1-2H3;1-2H,(H,5,6)(H,7,8). The first-order valence-electron chi connectivity index (χ1n) is 17.3. The highest BCUT2D eigenvalue weighted by Crippen LogP contribution is 2.52. The average Bonchev–Trinajstić information content (AvgIpc) is 3.47. The number of carbonyl (C=O) groups is 2. The largest absolute Gasteiger partial charge is 0.497 e. The van der Waals surface area contributed by atoms with E-state index in [0.717, 1.165) is 48.1 Å². The number of carboxylic acid groups (broad SMARTS) is 2. The van der Waals surface area contributed by atoms with Crippen molar-refractivity contribution in [1.29, 1.82) is 0 Å². The number of thioether (sulfide) groups is 1. The van der Waals surface area contributed by atoms with Gasteiger partial charge in [-0.3, -0.25) is 4.90 Å². The number of piperazine rings is 1. The van der Waals surface area contributed by atoms with E-state index in [1.165, 1.54) is 44.5 Å². The van der Waals surface area contributed by atoms with Crippen molar-refractivity contribution in [2.45, 2.75) is 39.2 Å². The number of methoxy groups -OCH3 is 2. The Kier molecular flexibility index (Phi) is 12.6. The average molecular weight is 757 g/mol. The van der Waals surface area contributed by atoms with Crippen LogP contribution in [0.4, 0.5) is 0 Å². The predicted molar refractivity (Wildman–Crippen MR) is 206 cm³/mol. The number of rotatable bonds is 6. The topological polar surface area (TPSA) is 118 Å². The summed E-state index contributed by atoms with van der Waals surface area (Å²) in [5.74, 6) is 1.05. The maximum Gasteiger partial charge on any atom is 0.328 e. The van der Waals surface area contributed by atoms with Gasteiger partial charge in [0.2, 0.25) is 0 Å². The molecule has 0 spiro atoms. The number of carboxylic acids is 2. The lowest BCUT2D eigenvalue weighted by atomic mass is 9.89. The molecule has 4 aromatic rings. The molecule has 0 aliphatic carbocycles. The zero-order valence-corrected chi connectivity index (χ0v) is 31.8. The minimum absolute atomic E-state index is 0.00163. The van der Waals surface area contributed by atoms with E-state index in [4.69, 9.17) is 29.2 Å². The fourth-order valence-electron chi connectivity index (χ4n) is 6.89. The van der Waals surface area contributed by atoms with Crippen LogP contribution in [0.5, 0.6) is 23.0 Å². The number of fused-ring (bicyclic) bond motifs is 7. The van der Waals surface area contributed by atoms with Crippen LogP contribution in [0, 0.1) is 0 Å². The van der Waals surface area contributed by atoms with Gasteiger partial charge in [-0.1, -0.05) is 36.0 Å².